The monoisotopic (exact) mass is 224 g/mol. The molecule has 0 bridgehead atoms. The van der Waals surface area contributed by atoms with E-state index in [1.54, 1.807) is 0 Å². The molecule has 1 aromatic carbocycles. The van der Waals surface area contributed by atoms with Gasteiger partial charge in [0.2, 0.25) is 0 Å². The van der Waals surface area contributed by atoms with Gasteiger partial charge in [0.05, 0.1) is 0 Å². The van der Waals surface area contributed by atoms with E-state index in [1.807, 2.05) is 18.2 Å². The quantitative estimate of drug-likeness (QED) is 0.727. The van der Waals surface area contributed by atoms with E-state index in [1.165, 1.54) is 11.6 Å². The van der Waals surface area contributed by atoms with Crippen molar-refractivity contribution in [1.29, 1.82) is 0 Å². The fraction of sp³-hybridized carbons (Fsp3) is 0.400. The van der Waals surface area contributed by atoms with Crippen LogP contribution in [0.1, 0.15) is 13.3 Å². The second-order valence-corrected chi connectivity index (χ2v) is 9.85. The SMILES string of the molecule is CCC[Si]1(C)O[SiH](c2ccccc2)O1. The Bertz CT molecular complexity index is 296. The van der Waals surface area contributed by atoms with Gasteiger partial charge in [-0.1, -0.05) is 43.7 Å². The molecule has 1 aromatic rings. The van der Waals surface area contributed by atoms with Crippen molar-refractivity contribution in [3.05, 3.63) is 30.3 Å². The van der Waals surface area contributed by atoms with Gasteiger partial charge in [-0.15, -0.1) is 0 Å². The molecule has 0 atom stereocenters. The normalized spacial score (nSPS) is 31.1. The minimum atomic E-state index is -1.68. The zero-order valence-electron chi connectivity index (χ0n) is 8.69. The molecule has 14 heavy (non-hydrogen) atoms. The zero-order valence-corrected chi connectivity index (χ0v) is 10.8. The van der Waals surface area contributed by atoms with E-state index < -0.39 is 17.8 Å². The number of benzene rings is 1. The van der Waals surface area contributed by atoms with Crippen LogP contribution < -0.4 is 5.19 Å². The summed E-state index contributed by atoms with van der Waals surface area (Å²) in [5, 5.41) is 1.27. The fourth-order valence-corrected chi connectivity index (χ4v) is 8.95. The first-order valence-electron chi connectivity index (χ1n) is 5.14. The minimum absolute atomic E-state index is 1.13. The van der Waals surface area contributed by atoms with Crippen LogP contribution >= 0.6 is 0 Å². The zero-order chi connectivity index (χ0) is 10.0. The standard InChI is InChI=1S/C10H16O2Si2/c1-3-9-14(2)11-13(12-14)10-7-5-4-6-8-10/h4-8,13H,3,9H2,1-2H3. The molecule has 76 valence electrons. The summed E-state index contributed by atoms with van der Waals surface area (Å²) in [6.45, 7) is 4.35. The third-order valence-corrected chi connectivity index (χ3v) is 10.5. The van der Waals surface area contributed by atoms with Crippen molar-refractivity contribution in [1.82, 2.24) is 0 Å². The molecule has 0 unspecified atom stereocenters. The lowest BCUT2D eigenvalue weighted by molar-refractivity contribution is 0.262. The predicted octanol–water partition coefficient (Wildman–Crippen LogP) is 1.64. The van der Waals surface area contributed by atoms with Crippen molar-refractivity contribution >= 4 is 23.0 Å². The van der Waals surface area contributed by atoms with Gasteiger partial charge in [-0.3, -0.25) is 0 Å². The van der Waals surface area contributed by atoms with Crippen molar-refractivity contribution in [2.45, 2.75) is 25.9 Å². The summed E-state index contributed by atoms with van der Waals surface area (Å²) < 4.78 is 12.0. The van der Waals surface area contributed by atoms with Gasteiger partial charge < -0.3 is 8.23 Å². The molecule has 1 heterocycles. The van der Waals surface area contributed by atoms with Crippen LogP contribution in [0.25, 0.3) is 0 Å². The molecule has 0 aromatic heterocycles. The summed E-state index contributed by atoms with van der Waals surface area (Å²) in [6, 6.07) is 11.5. The molecular formula is C10H16O2Si2. The molecule has 0 radical (unpaired) electrons. The van der Waals surface area contributed by atoms with Gasteiger partial charge >= 0.3 is 17.8 Å². The topological polar surface area (TPSA) is 18.5 Å². The van der Waals surface area contributed by atoms with Crippen LogP contribution in [0.5, 0.6) is 0 Å². The Balaban J connectivity index is 1.95. The van der Waals surface area contributed by atoms with Crippen molar-refractivity contribution in [3.8, 4) is 0 Å². The van der Waals surface area contributed by atoms with E-state index in [9.17, 15) is 0 Å². The van der Waals surface area contributed by atoms with Crippen molar-refractivity contribution in [2.75, 3.05) is 0 Å². The maximum absolute atomic E-state index is 6.01. The Morgan fingerprint density at radius 2 is 1.86 bits per heavy atom. The Morgan fingerprint density at radius 3 is 2.43 bits per heavy atom. The van der Waals surface area contributed by atoms with Crippen molar-refractivity contribution in [2.24, 2.45) is 0 Å². The fourth-order valence-electron chi connectivity index (χ4n) is 1.78. The highest BCUT2D eigenvalue weighted by molar-refractivity contribution is 6.90. The lowest BCUT2D eigenvalue weighted by atomic mass is 10.4. The first-order valence-corrected chi connectivity index (χ1v) is 9.18. The van der Waals surface area contributed by atoms with Gasteiger partial charge in [-0.25, -0.2) is 0 Å². The minimum Gasteiger partial charge on any atom is -0.414 e. The Labute approximate surface area is 88.0 Å². The van der Waals surface area contributed by atoms with E-state index in [4.69, 9.17) is 8.23 Å². The van der Waals surface area contributed by atoms with E-state index in [2.05, 4.69) is 25.6 Å². The molecule has 1 fully saturated rings. The van der Waals surface area contributed by atoms with E-state index >= 15 is 0 Å². The molecule has 0 amide bonds. The Hall–Kier alpha value is -0.426. The van der Waals surface area contributed by atoms with Crippen LogP contribution in [0.2, 0.25) is 12.6 Å². The molecule has 2 nitrogen and oxygen atoms in total. The average Bonchev–Trinajstić information content (AvgIpc) is 2.16. The molecule has 4 heteroatoms. The molecule has 0 aliphatic carbocycles. The highest BCUT2D eigenvalue weighted by Crippen LogP contribution is 2.26. The van der Waals surface area contributed by atoms with Crippen LogP contribution in [0.3, 0.4) is 0 Å². The summed E-state index contributed by atoms with van der Waals surface area (Å²) >= 11 is 0. The lowest BCUT2D eigenvalue weighted by Gasteiger charge is -2.43. The molecule has 0 spiro atoms. The Kier molecular flexibility index (Phi) is 2.87. The first-order chi connectivity index (χ1) is 6.73. The second kappa shape index (κ2) is 3.98. The summed E-state index contributed by atoms with van der Waals surface area (Å²) in [5.41, 5.74) is 0. The highest BCUT2D eigenvalue weighted by atomic mass is 28.5. The van der Waals surface area contributed by atoms with Crippen LogP contribution in [0, 0.1) is 0 Å². The van der Waals surface area contributed by atoms with Crippen molar-refractivity contribution in [3.63, 3.8) is 0 Å². The molecule has 0 saturated carbocycles. The van der Waals surface area contributed by atoms with Gasteiger partial charge in [0.25, 0.3) is 0 Å². The second-order valence-electron chi connectivity index (χ2n) is 3.86. The van der Waals surface area contributed by atoms with Gasteiger partial charge in [-0.2, -0.15) is 0 Å². The lowest BCUT2D eigenvalue weighted by Crippen LogP contribution is -2.64. The van der Waals surface area contributed by atoms with E-state index in [0.717, 1.165) is 6.04 Å². The number of rotatable bonds is 3. The highest BCUT2D eigenvalue weighted by Gasteiger charge is 2.47. The molecule has 1 aliphatic heterocycles. The van der Waals surface area contributed by atoms with E-state index in [0.29, 0.717) is 0 Å². The maximum Gasteiger partial charge on any atom is 0.338 e. The number of hydrogen-bond donors (Lipinski definition) is 0. The molecule has 0 N–H and O–H groups in total. The van der Waals surface area contributed by atoms with Crippen LogP contribution in [-0.2, 0) is 8.23 Å². The third-order valence-electron chi connectivity index (χ3n) is 2.49. The predicted molar refractivity (Wildman–Crippen MR) is 62.1 cm³/mol. The smallest absolute Gasteiger partial charge is 0.338 e. The molecule has 1 aliphatic rings. The molecule has 1 saturated heterocycles. The Morgan fingerprint density at radius 1 is 1.21 bits per heavy atom. The van der Waals surface area contributed by atoms with Crippen LogP contribution in [0.4, 0.5) is 0 Å². The van der Waals surface area contributed by atoms with Crippen molar-refractivity contribution < 1.29 is 8.23 Å². The largest absolute Gasteiger partial charge is 0.414 e. The first kappa shape index (κ1) is 10.1. The summed E-state index contributed by atoms with van der Waals surface area (Å²) in [5.74, 6) is 0. The van der Waals surface area contributed by atoms with Gasteiger partial charge in [0.15, 0.2) is 0 Å². The number of hydrogen-bond acceptors (Lipinski definition) is 2. The van der Waals surface area contributed by atoms with Gasteiger partial charge in [0, 0.05) is 0 Å². The van der Waals surface area contributed by atoms with Gasteiger partial charge in [0.1, 0.15) is 0 Å². The summed E-state index contributed by atoms with van der Waals surface area (Å²) in [7, 11) is -3.13. The van der Waals surface area contributed by atoms with Gasteiger partial charge in [-0.05, 0) is 17.8 Å². The molecular weight excluding hydrogens is 208 g/mol. The summed E-state index contributed by atoms with van der Waals surface area (Å²) in [6.07, 6.45) is 1.17. The average molecular weight is 224 g/mol. The van der Waals surface area contributed by atoms with Crippen LogP contribution in [0.15, 0.2) is 30.3 Å². The van der Waals surface area contributed by atoms with Crippen LogP contribution in [-0.4, -0.2) is 17.8 Å². The van der Waals surface area contributed by atoms with E-state index in [-0.39, 0.29) is 0 Å². The molecule has 2 rings (SSSR count). The maximum atomic E-state index is 6.01. The summed E-state index contributed by atoms with van der Waals surface area (Å²) in [4.78, 5) is 0. The third kappa shape index (κ3) is 1.98.